The Hall–Kier alpha value is -1.76. The number of nitrogens with one attached hydrogen (secondary N) is 2. The molecule has 3 N–H and O–H groups in total. The first-order chi connectivity index (χ1) is 9.75. The van der Waals surface area contributed by atoms with Gasteiger partial charge in [0.15, 0.2) is 11.6 Å². The highest BCUT2D eigenvalue weighted by molar-refractivity contribution is 5.89. The van der Waals surface area contributed by atoms with Crippen LogP contribution in [0.1, 0.15) is 26.7 Å². The molecular formula is C14H19F3N2O2. The van der Waals surface area contributed by atoms with E-state index in [1.165, 1.54) is 0 Å². The molecule has 7 heteroatoms. The molecule has 4 nitrogen and oxygen atoms in total. The zero-order valence-corrected chi connectivity index (χ0v) is 12.0. The first-order valence-corrected chi connectivity index (χ1v) is 6.55. The van der Waals surface area contributed by atoms with Gasteiger partial charge in [0.05, 0.1) is 5.69 Å². The number of benzene rings is 1. The molecule has 0 saturated carbocycles. The number of anilines is 1. The highest BCUT2D eigenvalue weighted by atomic mass is 19.2. The van der Waals surface area contributed by atoms with Crippen LogP contribution < -0.4 is 10.6 Å². The average molecular weight is 304 g/mol. The van der Waals surface area contributed by atoms with E-state index in [4.69, 9.17) is 5.11 Å². The van der Waals surface area contributed by atoms with Gasteiger partial charge >= 0.3 is 6.03 Å². The molecule has 0 saturated heterocycles. The maximum absolute atomic E-state index is 13.3. The van der Waals surface area contributed by atoms with Crippen molar-refractivity contribution >= 4 is 11.7 Å². The Bertz CT molecular complexity index is 507. The summed E-state index contributed by atoms with van der Waals surface area (Å²) in [6.45, 7) is 4.15. The van der Waals surface area contributed by atoms with Crippen molar-refractivity contribution in [3.05, 3.63) is 29.6 Å². The van der Waals surface area contributed by atoms with E-state index >= 15 is 0 Å². The quantitative estimate of drug-likeness (QED) is 0.559. The molecule has 1 rings (SSSR count). The lowest BCUT2D eigenvalue weighted by atomic mass is 9.89. The van der Waals surface area contributed by atoms with E-state index in [2.05, 4.69) is 10.6 Å². The van der Waals surface area contributed by atoms with Gasteiger partial charge in [0, 0.05) is 25.3 Å². The molecule has 2 amide bonds. The minimum absolute atomic E-state index is 0.0409. The fraction of sp³-hybridized carbons (Fsp3) is 0.500. The van der Waals surface area contributed by atoms with E-state index in [0.29, 0.717) is 31.5 Å². The van der Waals surface area contributed by atoms with E-state index in [1.54, 1.807) is 0 Å². The molecule has 0 aliphatic rings. The molecule has 0 fully saturated rings. The summed E-state index contributed by atoms with van der Waals surface area (Å²) in [4.78, 5) is 11.5. The zero-order chi connectivity index (χ0) is 16.0. The summed E-state index contributed by atoms with van der Waals surface area (Å²) in [5.74, 6) is -3.61. The summed E-state index contributed by atoms with van der Waals surface area (Å²) < 4.78 is 39.0. The standard InChI is InChI=1S/C14H19F3N2O2/c1-14(2,8-20)4-3-5-18-13(21)19-12-7-10(16)9(15)6-11(12)17/h6-7,20H,3-5,8H2,1-2H3,(H2,18,19,21). The van der Waals surface area contributed by atoms with Crippen molar-refractivity contribution in [1.82, 2.24) is 5.32 Å². The van der Waals surface area contributed by atoms with Gasteiger partial charge in [-0.2, -0.15) is 0 Å². The largest absolute Gasteiger partial charge is 0.396 e. The van der Waals surface area contributed by atoms with Crippen LogP contribution in [-0.4, -0.2) is 24.3 Å². The predicted molar refractivity (Wildman–Crippen MR) is 73.4 cm³/mol. The summed E-state index contributed by atoms with van der Waals surface area (Å²) in [7, 11) is 0. The van der Waals surface area contributed by atoms with Gasteiger partial charge < -0.3 is 15.7 Å². The number of hydrogen-bond donors (Lipinski definition) is 3. The third kappa shape index (κ3) is 5.63. The van der Waals surface area contributed by atoms with Crippen molar-refractivity contribution in [2.24, 2.45) is 5.41 Å². The second-order valence-electron chi connectivity index (χ2n) is 5.55. The van der Waals surface area contributed by atoms with Crippen LogP contribution in [-0.2, 0) is 0 Å². The average Bonchev–Trinajstić information content (AvgIpc) is 2.41. The highest BCUT2D eigenvalue weighted by Crippen LogP contribution is 2.20. The maximum Gasteiger partial charge on any atom is 0.319 e. The third-order valence-corrected chi connectivity index (χ3v) is 3.00. The number of rotatable bonds is 6. The van der Waals surface area contributed by atoms with E-state index < -0.39 is 29.2 Å². The monoisotopic (exact) mass is 304 g/mol. The Morgan fingerprint density at radius 3 is 2.43 bits per heavy atom. The van der Waals surface area contributed by atoms with Gasteiger partial charge in [-0.1, -0.05) is 13.8 Å². The second-order valence-corrected chi connectivity index (χ2v) is 5.55. The molecule has 0 aliphatic carbocycles. The highest BCUT2D eigenvalue weighted by Gasteiger charge is 2.16. The Kier molecular flexibility index (Phi) is 6.02. The molecule has 0 spiro atoms. The molecular weight excluding hydrogens is 285 g/mol. The van der Waals surface area contributed by atoms with Crippen molar-refractivity contribution in [2.45, 2.75) is 26.7 Å². The molecule has 0 aromatic heterocycles. The smallest absolute Gasteiger partial charge is 0.319 e. The normalized spacial score (nSPS) is 11.3. The van der Waals surface area contributed by atoms with Crippen molar-refractivity contribution in [3.8, 4) is 0 Å². The maximum atomic E-state index is 13.3. The molecule has 0 atom stereocenters. The lowest BCUT2D eigenvalue weighted by Gasteiger charge is -2.21. The third-order valence-electron chi connectivity index (χ3n) is 3.00. The lowest BCUT2D eigenvalue weighted by molar-refractivity contribution is 0.148. The lowest BCUT2D eigenvalue weighted by Crippen LogP contribution is -2.31. The van der Waals surface area contributed by atoms with Gasteiger partial charge in [0.25, 0.3) is 0 Å². The minimum atomic E-state index is -1.32. The topological polar surface area (TPSA) is 61.4 Å². The molecule has 1 aromatic carbocycles. The molecule has 1 aromatic rings. The molecule has 0 heterocycles. The van der Waals surface area contributed by atoms with Crippen LogP contribution in [0.25, 0.3) is 0 Å². The molecule has 0 radical (unpaired) electrons. The second kappa shape index (κ2) is 7.31. The van der Waals surface area contributed by atoms with E-state index in [1.807, 2.05) is 13.8 Å². The van der Waals surface area contributed by atoms with Crippen LogP contribution >= 0.6 is 0 Å². The van der Waals surface area contributed by atoms with Crippen LogP contribution in [0.4, 0.5) is 23.7 Å². The first-order valence-electron chi connectivity index (χ1n) is 6.55. The van der Waals surface area contributed by atoms with Gasteiger partial charge in [0.1, 0.15) is 5.82 Å². The molecule has 0 bridgehead atoms. The summed E-state index contributed by atoms with van der Waals surface area (Å²) >= 11 is 0. The summed E-state index contributed by atoms with van der Waals surface area (Å²) in [6, 6.07) is 0.245. The van der Waals surface area contributed by atoms with E-state index in [0.717, 1.165) is 0 Å². The number of carbonyl (C=O) groups is 1. The van der Waals surface area contributed by atoms with Crippen molar-refractivity contribution in [3.63, 3.8) is 0 Å². The summed E-state index contributed by atoms with van der Waals surface area (Å²) in [5, 5.41) is 13.7. The number of carbonyl (C=O) groups excluding carboxylic acids is 1. The van der Waals surface area contributed by atoms with Crippen LogP contribution in [0.15, 0.2) is 12.1 Å². The van der Waals surface area contributed by atoms with Gasteiger partial charge in [-0.25, -0.2) is 18.0 Å². The van der Waals surface area contributed by atoms with Crippen LogP contribution in [0.5, 0.6) is 0 Å². The fourth-order valence-electron chi connectivity index (χ4n) is 1.63. The number of aliphatic hydroxyl groups excluding tert-OH is 1. The van der Waals surface area contributed by atoms with Gasteiger partial charge in [-0.3, -0.25) is 0 Å². The number of amides is 2. The van der Waals surface area contributed by atoms with Crippen LogP contribution in [0.3, 0.4) is 0 Å². The fourth-order valence-corrected chi connectivity index (χ4v) is 1.63. The van der Waals surface area contributed by atoms with Crippen molar-refractivity contribution in [2.75, 3.05) is 18.5 Å². The van der Waals surface area contributed by atoms with Crippen molar-refractivity contribution < 1.29 is 23.1 Å². The van der Waals surface area contributed by atoms with E-state index in [-0.39, 0.29) is 12.0 Å². The summed E-state index contributed by atoms with van der Waals surface area (Å²) in [6.07, 6.45) is 1.32. The van der Waals surface area contributed by atoms with Crippen LogP contribution in [0, 0.1) is 22.9 Å². The SMILES string of the molecule is CC(C)(CO)CCCNC(=O)Nc1cc(F)c(F)cc1F. The van der Waals surface area contributed by atoms with Gasteiger partial charge in [0.2, 0.25) is 0 Å². The zero-order valence-electron chi connectivity index (χ0n) is 12.0. The first kappa shape index (κ1) is 17.3. The molecule has 0 unspecified atom stereocenters. The number of halogens is 3. The Morgan fingerprint density at radius 2 is 1.81 bits per heavy atom. The Labute approximate surface area is 121 Å². The molecule has 21 heavy (non-hydrogen) atoms. The Morgan fingerprint density at radius 1 is 1.19 bits per heavy atom. The number of urea groups is 1. The number of aliphatic hydroxyl groups is 1. The van der Waals surface area contributed by atoms with Crippen LogP contribution in [0.2, 0.25) is 0 Å². The predicted octanol–water partition coefficient (Wildman–Crippen LogP) is 3.02. The molecule has 118 valence electrons. The minimum Gasteiger partial charge on any atom is -0.396 e. The summed E-state index contributed by atoms with van der Waals surface area (Å²) in [5.41, 5.74) is -0.660. The van der Waals surface area contributed by atoms with E-state index in [9.17, 15) is 18.0 Å². The number of hydrogen-bond acceptors (Lipinski definition) is 2. The van der Waals surface area contributed by atoms with Gasteiger partial charge in [-0.15, -0.1) is 0 Å². The Balaban J connectivity index is 2.43. The van der Waals surface area contributed by atoms with Gasteiger partial charge in [-0.05, 0) is 18.3 Å². The molecule has 0 aliphatic heterocycles. The van der Waals surface area contributed by atoms with Crippen molar-refractivity contribution in [1.29, 1.82) is 0 Å².